The van der Waals surface area contributed by atoms with Crippen LogP contribution in [-0.2, 0) is 22.3 Å². The van der Waals surface area contributed by atoms with Crippen LogP contribution >= 0.6 is 0 Å². The summed E-state index contributed by atoms with van der Waals surface area (Å²) >= 11 is 0. The van der Waals surface area contributed by atoms with Crippen LogP contribution in [0.25, 0.3) is 0 Å². The highest BCUT2D eigenvalue weighted by Gasteiger charge is 2.30. The standard InChI is InChI=1S/C17H25F3N2.C4H4O4/c1-13(2)11-22(16-7-9-21-10-8-16)12-14-3-5-15(6-4-14)17(18,19)20;5-3(6)1-2-4(7)8/h3-6,13,16,21H,7-12H2,1-2H3;1-2H,(H,5,6)(H,7,8)/b;2-1+. The molecule has 0 bridgehead atoms. The van der Waals surface area contributed by atoms with E-state index in [1.54, 1.807) is 12.1 Å². The molecule has 0 saturated carbocycles. The van der Waals surface area contributed by atoms with E-state index in [4.69, 9.17) is 10.2 Å². The minimum Gasteiger partial charge on any atom is -0.478 e. The van der Waals surface area contributed by atoms with E-state index in [9.17, 15) is 22.8 Å². The fraction of sp³-hybridized carbons (Fsp3) is 0.524. The van der Waals surface area contributed by atoms with Crippen LogP contribution in [0, 0.1) is 5.92 Å². The lowest BCUT2D eigenvalue weighted by Crippen LogP contribution is -2.44. The maximum Gasteiger partial charge on any atom is 0.416 e. The molecule has 168 valence electrons. The van der Waals surface area contributed by atoms with E-state index in [0.717, 1.165) is 44.6 Å². The van der Waals surface area contributed by atoms with E-state index in [-0.39, 0.29) is 0 Å². The van der Waals surface area contributed by atoms with Gasteiger partial charge in [-0.15, -0.1) is 0 Å². The Kier molecular flexibility index (Phi) is 10.5. The van der Waals surface area contributed by atoms with Crippen molar-refractivity contribution >= 4 is 11.9 Å². The van der Waals surface area contributed by atoms with Crippen molar-refractivity contribution in [1.29, 1.82) is 0 Å². The maximum absolute atomic E-state index is 12.6. The van der Waals surface area contributed by atoms with Gasteiger partial charge in [0.1, 0.15) is 0 Å². The lowest BCUT2D eigenvalue weighted by atomic mass is 10.0. The summed E-state index contributed by atoms with van der Waals surface area (Å²) in [7, 11) is 0. The smallest absolute Gasteiger partial charge is 0.416 e. The molecule has 0 spiro atoms. The summed E-state index contributed by atoms with van der Waals surface area (Å²) in [5.74, 6) is -1.97. The Bertz CT molecular complexity index is 681. The van der Waals surface area contributed by atoms with Gasteiger partial charge < -0.3 is 15.5 Å². The number of nitrogens with one attached hydrogen (secondary N) is 1. The number of hydrogen-bond donors (Lipinski definition) is 3. The summed E-state index contributed by atoms with van der Waals surface area (Å²) in [6.45, 7) is 8.10. The summed E-state index contributed by atoms with van der Waals surface area (Å²) in [5.41, 5.74) is 0.376. The van der Waals surface area contributed by atoms with Crippen LogP contribution in [0.2, 0.25) is 0 Å². The summed E-state index contributed by atoms with van der Waals surface area (Å²) in [6, 6.07) is 6.11. The predicted octanol–water partition coefficient (Wildman–Crippen LogP) is 3.63. The molecule has 6 nitrogen and oxygen atoms in total. The van der Waals surface area contributed by atoms with Gasteiger partial charge in [-0.3, -0.25) is 4.90 Å². The van der Waals surface area contributed by atoms with Gasteiger partial charge in [0, 0.05) is 31.3 Å². The number of carboxylic acid groups (broad SMARTS) is 2. The predicted molar refractivity (Wildman–Crippen MR) is 107 cm³/mol. The number of alkyl halides is 3. The molecule has 0 amide bonds. The van der Waals surface area contributed by atoms with Crippen molar-refractivity contribution in [1.82, 2.24) is 10.2 Å². The van der Waals surface area contributed by atoms with Gasteiger partial charge >= 0.3 is 18.1 Å². The highest BCUT2D eigenvalue weighted by Crippen LogP contribution is 2.29. The minimum absolute atomic E-state index is 0.519. The summed E-state index contributed by atoms with van der Waals surface area (Å²) in [6.07, 6.45) is -0.934. The average molecular weight is 430 g/mol. The van der Waals surface area contributed by atoms with Gasteiger partial charge in [-0.2, -0.15) is 13.2 Å². The van der Waals surface area contributed by atoms with Gasteiger partial charge in [0.15, 0.2) is 0 Å². The fourth-order valence-electron chi connectivity index (χ4n) is 3.16. The van der Waals surface area contributed by atoms with Gasteiger partial charge in [0.2, 0.25) is 0 Å². The average Bonchev–Trinajstić information content (AvgIpc) is 2.66. The number of nitrogens with zero attached hydrogens (tertiary/aromatic N) is 1. The zero-order valence-electron chi connectivity index (χ0n) is 17.2. The highest BCUT2D eigenvalue weighted by molar-refractivity contribution is 5.89. The third-order valence-electron chi connectivity index (χ3n) is 4.46. The normalized spacial score (nSPS) is 15.3. The van der Waals surface area contributed by atoms with Gasteiger partial charge in [0.05, 0.1) is 5.56 Å². The van der Waals surface area contributed by atoms with Gasteiger partial charge in [0.25, 0.3) is 0 Å². The third kappa shape index (κ3) is 10.4. The molecule has 1 aliphatic rings. The molecule has 0 atom stereocenters. The second-order valence-corrected chi connectivity index (χ2v) is 7.51. The zero-order valence-corrected chi connectivity index (χ0v) is 17.2. The van der Waals surface area contributed by atoms with Gasteiger partial charge in [-0.25, -0.2) is 9.59 Å². The van der Waals surface area contributed by atoms with Crippen LogP contribution < -0.4 is 5.32 Å². The molecule has 1 aliphatic heterocycles. The molecule has 0 unspecified atom stereocenters. The highest BCUT2D eigenvalue weighted by atomic mass is 19.4. The zero-order chi connectivity index (χ0) is 22.7. The molecule has 1 saturated heterocycles. The van der Waals surface area contributed by atoms with Crippen molar-refractivity contribution < 1.29 is 33.0 Å². The number of benzene rings is 1. The second kappa shape index (κ2) is 12.3. The summed E-state index contributed by atoms with van der Waals surface area (Å²) < 4.78 is 37.9. The molecule has 0 aliphatic carbocycles. The van der Waals surface area contributed by atoms with Crippen molar-refractivity contribution in [3.63, 3.8) is 0 Å². The molecule has 2 rings (SSSR count). The molecule has 1 fully saturated rings. The number of carbonyl (C=O) groups is 2. The van der Waals surface area contributed by atoms with E-state index >= 15 is 0 Å². The van der Waals surface area contributed by atoms with Crippen LogP contribution in [-0.4, -0.2) is 52.7 Å². The Morgan fingerprint density at radius 1 is 1.10 bits per heavy atom. The van der Waals surface area contributed by atoms with Crippen LogP contribution in [0.3, 0.4) is 0 Å². The molecule has 1 aromatic carbocycles. The summed E-state index contributed by atoms with van der Waals surface area (Å²) in [5, 5.41) is 19.0. The van der Waals surface area contributed by atoms with Crippen LogP contribution in [0.1, 0.15) is 37.8 Å². The monoisotopic (exact) mass is 430 g/mol. The number of piperidine rings is 1. The quantitative estimate of drug-likeness (QED) is 0.573. The Hall–Kier alpha value is -2.39. The Balaban J connectivity index is 0.000000479. The Labute approximate surface area is 174 Å². The van der Waals surface area contributed by atoms with Crippen molar-refractivity contribution in [3.8, 4) is 0 Å². The first-order chi connectivity index (χ1) is 14.0. The lowest BCUT2D eigenvalue weighted by molar-refractivity contribution is -0.137. The minimum atomic E-state index is -4.26. The van der Waals surface area contributed by atoms with Crippen molar-refractivity contribution in [2.75, 3.05) is 19.6 Å². The summed E-state index contributed by atoms with van der Waals surface area (Å²) in [4.78, 5) is 21.5. The van der Waals surface area contributed by atoms with Crippen LogP contribution in [0.15, 0.2) is 36.4 Å². The number of rotatable bonds is 7. The topological polar surface area (TPSA) is 89.9 Å². The molecule has 0 aromatic heterocycles. The van der Waals surface area contributed by atoms with Gasteiger partial charge in [-0.05, 0) is 49.5 Å². The largest absolute Gasteiger partial charge is 0.478 e. The Morgan fingerprint density at radius 2 is 1.60 bits per heavy atom. The van der Waals surface area contributed by atoms with Crippen molar-refractivity contribution in [2.24, 2.45) is 5.92 Å². The van der Waals surface area contributed by atoms with Gasteiger partial charge in [-0.1, -0.05) is 26.0 Å². The van der Waals surface area contributed by atoms with Crippen LogP contribution in [0.5, 0.6) is 0 Å². The Morgan fingerprint density at radius 3 is 2.00 bits per heavy atom. The molecule has 1 heterocycles. The third-order valence-corrected chi connectivity index (χ3v) is 4.46. The second-order valence-electron chi connectivity index (χ2n) is 7.51. The number of halogens is 3. The van der Waals surface area contributed by atoms with E-state index in [0.29, 0.717) is 24.1 Å². The van der Waals surface area contributed by atoms with Crippen molar-refractivity contribution in [3.05, 3.63) is 47.5 Å². The molecule has 0 radical (unpaired) electrons. The molecular formula is C21H29F3N2O4. The first-order valence-electron chi connectivity index (χ1n) is 9.74. The number of carboxylic acids is 2. The fourth-order valence-corrected chi connectivity index (χ4v) is 3.16. The van der Waals surface area contributed by atoms with E-state index in [1.807, 2.05) is 0 Å². The number of hydrogen-bond acceptors (Lipinski definition) is 4. The number of aliphatic carboxylic acids is 2. The molecule has 1 aromatic rings. The first kappa shape index (κ1) is 25.6. The van der Waals surface area contributed by atoms with E-state index < -0.39 is 23.7 Å². The lowest BCUT2D eigenvalue weighted by Gasteiger charge is -2.36. The van der Waals surface area contributed by atoms with E-state index in [2.05, 4.69) is 24.1 Å². The van der Waals surface area contributed by atoms with E-state index in [1.165, 1.54) is 12.1 Å². The first-order valence-corrected chi connectivity index (χ1v) is 9.74. The van der Waals surface area contributed by atoms with Crippen LogP contribution in [0.4, 0.5) is 13.2 Å². The molecular weight excluding hydrogens is 401 g/mol. The van der Waals surface area contributed by atoms with Crippen molar-refractivity contribution in [2.45, 2.75) is 45.5 Å². The SMILES string of the molecule is CC(C)CN(Cc1ccc(C(F)(F)F)cc1)C1CCNCC1.O=C(O)/C=C/C(=O)O. The molecule has 9 heteroatoms. The maximum atomic E-state index is 12.6. The molecule has 30 heavy (non-hydrogen) atoms. The molecule has 3 N–H and O–H groups in total.